The molecule has 3 aliphatic rings. The molecule has 3 aromatic heterocycles. The third kappa shape index (κ3) is 21.3. The second-order valence-electron chi connectivity index (χ2n) is 25.0. The summed E-state index contributed by atoms with van der Waals surface area (Å²) in [4.78, 5) is 68.6. The molecule has 554 valence electrons. The van der Waals surface area contributed by atoms with Gasteiger partial charge in [0, 0.05) is 50.0 Å². The number of alkyl halides is 1. The summed E-state index contributed by atoms with van der Waals surface area (Å²) >= 11 is 3.44. The maximum absolute atomic E-state index is 12.1. The Morgan fingerprint density at radius 3 is 1.07 bits per heavy atom. The number of methoxy groups -OCH3 is 5. The van der Waals surface area contributed by atoms with Crippen LogP contribution >= 0.6 is 15.9 Å². The first-order chi connectivity index (χ1) is 52.3. The van der Waals surface area contributed by atoms with E-state index < -0.39 is 13.1 Å². The second-order valence-corrected chi connectivity index (χ2v) is 25.8. The second kappa shape index (κ2) is 41.7. The molecule has 15 rings (SSSR count). The van der Waals surface area contributed by atoms with Crippen molar-refractivity contribution >= 4 is 78.6 Å². The first-order valence-electron chi connectivity index (χ1n) is 35.6. The zero-order chi connectivity index (χ0) is 75.6. The van der Waals surface area contributed by atoms with Crippen LogP contribution in [0.15, 0.2) is 223 Å². The molecule has 20 nitrogen and oxygen atoms in total. The fourth-order valence-electron chi connectivity index (χ4n) is 13.2. The molecular weight excluding hydrogens is 1440 g/mol. The number of carbonyl (C=O) groups excluding carboxylic acids is 2. The minimum Gasteiger partial charge on any atom is -0.870 e. The molecule has 12 aromatic rings. The van der Waals surface area contributed by atoms with Gasteiger partial charge in [0.15, 0.2) is 11.6 Å². The van der Waals surface area contributed by atoms with Gasteiger partial charge in [0.2, 0.25) is 0 Å². The van der Waals surface area contributed by atoms with E-state index in [1.807, 2.05) is 109 Å². The number of nitrogens with zero attached hydrogens (tertiary/aromatic N) is 8. The Morgan fingerprint density at radius 1 is 0.435 bits per heavy atom. The molecule has 0 spiro atoms. The van der Waals surface area contributed by atoms with Gasteiger partial charge in [-0.15, -0.1) is 0 Å². The maximum atomic E-state index is 12.1. The van der Waals surface area contributed by atoms with Gasteiger partial charge in [-0.2, -0.15) is 0 Å². The van der Waals surface area contributed by atoms with Crippen LogP contribution in [0.5, 0.6) is 17.2 Å². The van der Waals surface area contributed by atoms with Gasteiger partial charge in [0.1, 0.15) is 38.9 Å². The van der Waals surface area contributed by atoms with Crippen molar-refractivity contribution in [2.24, 2.45) is 0 Å². The zero-order valence-electron chi connectivity index (χ0n) is 62.7. The van der Waals surface area contributed by atoms with Crippen LogP contribution in [0.4, 0.5) is 16.0 Å². The van der Waals surface area contributed by atoms with Gasteiger partial charge in [-0.3, -0.25) is 4.39 Å². The number of carboxylic acids is 1. The Kier molecular flexibility index (Phi) is 31.6. The van der Waals surface area contributed by atoms with Crippen LogP contribution in [0.1, 0.15) is 105 Å². The van der Waals surface area contributed by atoms with Crippen LogP contribution in [-0.2, 0) is 9.47 Å². The first-order valence-corrected chi connectivity index (χ1v) is 35.7. The third-order valence-electron chi connectivity index (χ3n) is 18.8. The average Bonchev–Trinajstić information content (AvgIpc) is 0.783. The molecule has 0 saturated carbocycles. The van der Waals surface area contributed by atoms with E-state index in [2.05, 4.69) is 102 Å². The number of rotatable bonds is 14. The summed E-state index contributed by atoms with van der Waals surface area (Å²) in [5.41, 5.74) is 14.8. The van der Waals surface area contributed by atoms with Gasteiger partial charge < -0.3 is 54.5 Å². The number of piperidine rings is 3. The van der Waals surface area contributed by atoms with Crippen molar-refractivity contribution in [3.05, 3.63) is 256 Å². The minimum absolute atomic E-state index is 0. The number of aliphatic hydroxyl groups is 1. The molecular formula is C85H88BrFN9NaO11. The van der Waals surface area contributed by atoms with Gasteiger partial charge in [-0.1, -0.05) is 127 Å². The number of aromatic nitrogens is 6. The summed E-state index contributed by atoms with van der Waals surface area (Å²) in [6.07, 6.45) is 6.59. The summed E-state index contributed by atoms with van der Waals surface area (Å²) in [7, 11) is 7.82. The summed E-state index contributed by atoms with van der Waals surface area (Å²) in [6, 6.07) is 70.6. The number of ether oxygens (including phenoxy) is 5. The van der Waals surface area contributed by atoms with Crippen molar-refractivity contribution < 1.29 is 89.1 Å². The Hall–Kier alpha value is -10.3. The molecule has 3 saturated heterocycles. The number of aliphatic hydroxyl groups excluding tert-OH is 1. The van der Waals surface area contributed by atoms with Crippen molar-refractivity contribution in [3.63, 3.8) is 0 Å². The molecule has 0 unspecified atom stereocenters. The number of hydrogen-bond donors (Lipinski definition) is 3. The molecule has 0 atom stereocenters. The fourth-order valence-corrected chi connectivity index (χ4v) is 13.7. The molecule has 9 aromatic carbocycles. The summed E-state index contributed by atoms with van der Waals surface area (Å²) in [5, 5.41) is 19.8. The Morgan fingerprint density at radius 2 is 0.741 bits per heavy atom. The number of esters is 2. The third-order valence-corrected chi connectivity index (χ3v) is 19.4. The van der Waals surface area contributed by atoms with E-state index in [1.165, 1.54) is 43.8 Å². The molecule has 0 radical (unpaired) electrons. The van der Waals surface area contributed by atoms with Gasteiger partial charge >= 0.3 is 47.5 Å². The average molecular weight is 1530 g/mol. The standard InChI is InChI=1S/C28H27N3O3.C27H25N3O3.C16H11BrN2O2.C12H17NO.CH3F.CH4O.Na.H2O/c1-33-23-11-8-19(9-12-23)20-14-16-31(17-15-20)27-26(21-6-4-3-5-7-21)29-24-13-10-22(28(32)34-2)18-25(24)30-27;1-33-22-10-7-18(8-11-22)19-13-15-30(16-14-19)26-25(20-5-3-2-4-6-20)28-23-12-9-21(27(31)32)17-24(23)29-26;1-21-16(20)11-7-8-12-13(9-11)19-15(17)14(18-12)10-5-3-2-4-6-10;1-14-12-4-2-10(3-5-12)11-6-8-13-9-7-11;2*1-2;;/h3-13,18,20H,14-17H2,1-2H3;2-12,17,19H,13-16H2,1H3,(H,31,32);2-9H,1H3;2-5,11,13H,6-9H2,1H3;1H3;2H,1H3;;1H2/q;;;;;;+1;/p-1/i;;;;1D;;;. The minimum atomic E-state index is -1.00. The van der Waals surface area contributed by atoms with E-state index in [-0.39, 0.29) is 52.5 Å². The fraction of sp³-hybridized carbons (Fsp3) is 0.259. The van der Waals surface area contributed by atoms with Crippen LogP contribution in [0.25, 0.3) is 66.9 Å². The van der Waals surface area contributed by atoms with E-state index in [1.54, 1.807) is 69.9 Å². The van der Waals surface area contributed by atoms with Gasteiger partial charge in [-0.05, 0) is 193 Å². The van der Waals surface area contributed by atoms with Crippen molar-refractivity contribution in [1.82, 2.24) is 35.2 Å². The number of nitrogens with one attached hydrogen (secondary N) is 1. The van der Waals surface area contributed by atoms with Crippen LogP contribution in [0.3, 0.4) is 0 Å². The molecule has 6 heterocycles. The maximum Gasteiger partial charge on any atom is 1.00 e. The van der Waals surface area contributed by atoms with Crippen LogP contribution in [0, 0.1) is 0 Å². The molecule has 3 aliphatic heterocycles. The smallest absolute Gasteiger partial charge is 0.870 e. The van der Waals surface area contributed by atoms with E-state index in [9.17, 15) is 23.9 Å². The quantitative estimate of drug-likeness (QED) is 0.0675. The summed E-state index contributed by atoms with van der Waals surface area (Å²) < 4.78 is 41.5. The first kappa shape index (κ1) is 81.8. The largest absolute Gasteiger partial charge is 1.00 e. The monoisotopic (exact) mass is 1530 g/mol. The van der Waals surface area contributed by atoms with Gasteiger partial charge in [0.25, 0.3) is 0 Å². The molecule has 0 amide bonds. The zero-order valence-corrected chi connectivity index (χ0v) is 65.2. The van der Waals surface area contributed by atoms with E-state index in [0.717, 1.165) is 152 Å². The van der Waals surface area contributed by atoms with Crippen molar-refractivity contribution in [3.8, 4) is 51.0 Å². The van der Waals surface area contributed by atoms with Gasteiger partial charge in [-0.25, -0.2) is 44.3 Å². The van der Waals surface area contributed by atoms with Crippen LogP contribution in [0.2, 0.25) is 0 Å². The Labute approximate surface area is 660 Å². The molecule has 0 aliphatic carbocycles. The Balaban J connectivity index is 0.000000186. The van der Waals surface area contributed by atoms with Crippen LogP contribution in [-0.4, -0.2) is 153 Å². The summed E-state index contributed by atoms with van der Waals surface area (Å²) in [6.45, 7) is 5.78. The van der Waals surface area contributed by atoms with E-state index in [0.29, 0.717) is 49.6 Å². The number of anilines is 2. The molecule has 108 heavy (non-hydrogen) atoms. The SMILES string of the molecule is CO.COC(=O)c1ccc2nc(-c3ccccc3)c(Br)nc2c1.COC(=O)c1ccc2nc(-c3ccccc3)c(N3CCC(c4ccc(OC)cc4)CC3)nc2c1.COc1ccc(C2CCN(c3nc4cc(C(=O)O)ccc4nc3-c3ccccc3)CC2)cc1.COc1ccc(C2CCNCC2)cc1.[2H]CF.[Na+].[OH-]. The number of aromatic carboxylic acids is 1. The van der Waals surface area contributed by atoms with Crippen molar-refractivity contribution in [1.29, 1.82) is 0 Å². The number of benzene rings is 9. The summed E-state index contributed by atoms with van der Waals surface area (Å²) in [5.74, 6) is 4.36. The number of carbonyl (C=O) groups is 3. The Bertz CT molecular complexity index is 4880. The van der Waals surface area contributed by atoms with Crippen molar-refractivity contribution in [2.75, 3.05) is 98.9 Å². The number of fused-ring (bicyclic) bond motifs is 3. The molecule has 4 N–H and O–H groups in total. The number of carboxylic acid groups (broad SMARTS) is 1. The van der Waals surface area contributed by atoms with E-state index in [4.69, 9.17) is 50.1 Å². The molecule has 0 bridgehead atoms. The van der Waals surface area contributed by atoms with Crippen LogP contribution < -0.4 is 58.9 Å². The number of hydrogen-bond acceptors (Lipinski definition) is 19. The van der Waals surface area contributed by atoms with E-state index >= 15 is 0 Å². The predicted molar refractivity (Wildman–Crippen MR) is 422 cm³/mol. The topological polar surface area (TPSA) is 264 Å². The predicted octanol–water partition coefficient (Wildman–Crippen LogP) is 13.9. The normalized spacial score (nSPS) is 13.5. The van der Waals surface area contributed by atoms with Gasteiger partial charge in [0.05, 0.1) is 93.9 Å². The molecule has 23 heteroatoms. The molecule has 3 fully saturated rings. The number of halogens is 2. The van der Waals surface area contributed by atoms with Crippen molar-refractivity contribution in [2.45, 2.75) is 56.3 Å².